The van der Waals surface area contributed by atoms with Gasteiger partial charge in [-0.3, -0.25) is 4.72 Å². The van der Waals surface area contributed by atoms with Gasteiger partial charge in [0.2, 0.25) is 0 Å². The SMILES string of the molecule is O=C(O)C(F)(F)F.O=C(O)c1cc(NS(=O)(=O)c2ccc(F)c(F)c2)ccc1N1CCCC(CN2CCCC2)C1. The predicted octanol–water partition coefficient (Wildman–Crippen LogP) is 4.41. The molecule has 2 fully saturated rings. The Balaban J connectivity index is 0.000000559. The number of carbonyl (C=O) groups is 2. The topological polar surface area (TPSA) is 127 Å². The number of aliphatic carboxylic acids is 1. The van der Waals surface area contributed by atoms with Gasteiger partial charge in [-0.1, -0.05) is 0 Å². The number of aromatic carboxylic acids is 1. The van der Waals surface area contributed by atoms with Gasteiger partial charge in [0.15, 0.2) is 11.6 Å². The van der Waals surface area contributed by atoms with Crippen LogP contribution in [0.3, 0.4) is 0 Å². The number of nitrogens with one attached hydrogen (secondary N) is 1. The van der Waals surface area contributed by atoms with Crippen LogP contribution in [-0.2, 0) is 14.8 Å². The number of hydrogen-bond donors (Lipinski definition) is 3. The Morgan fingerprint density at radius 2 is 1.60 bits per heavy atom. The molecule has 3 N–H and O–H groups in total. The van der Waals surface area contributed by atoms with Crippen LogP contribution in [0.2, 0.25) is 0 Å². The summed E-state index contributed by atoms with van der Waals surface area (Å²) in [5, 5.41) is 16.9. The number of rotatable bonds is 7. The highest BCUT2D eigenvalue weighted by atomic mass is 32.2. The molecule has 0 bridgehead atoms. The number of likely N-dealkylation sites (tertiary alicyclic amines) is 1. The van der Waals surface area contributed by atoms with Gasteiger partial charge in [-0.25, -0.2) is 26.8 Å². The largest absolute Gasteiger partial charge is 0.490 e. The van der Waals surface area contributed by atoms with Crippen LogP contribution < -0.4 is 9.62 Å². The lowest BCUT2D eigenvalue weighted by Gasteiger charge is -2.36. The molecular formula is C25H28F5N3O6S. The highest BCUT2D eigenvalue weighted by Gasteiger charge is 2.38. The van der Waals surface area contributed by atoms with Crippen LogP contribution in [-0.4, -0.2) is 74.4 Å². The summed E-state index contributed by atoms with van der Waals surface area (Å²) in [4.78, 5) is 24.9. The van der Waals surface area contributed by atoms with E-state index in [1.54, 1.807) is 6.07 Å². The van der Waals surface area contributed by atoms with E-state index in [4.69, 9.17) is 9.90 Å². The van der Waals surface area contributed by atoms with Gasteiger partial charge in [-0.05, 0) is 81.1 Å². The summed E-state index contributed by atoms with van der Waals surface area (Å²) in [5.74, 6) is -5.91. The average molecular weight is 594 g/mol. The lowest BCUT2D eigenvalue weighted by atomic mass is 9.96. The fourth-order valence-corrected chi connectivity index (χ4v) is 5.73. The second kappa shape index (κ2) is 12.8. The monoisotopic (exact) mass is 593 g/mol. The number of anilines is 2. The Labute approximate surface area is 227 Å². The number of nitrogens with zero attached hydrogens (tertiary/aromatic N) is 2. The first-order valence-electron chi connectivity index (χ1n) is 12.3. The van der Waals surface area contributed by atoms with E-state index in [-0.39, 0.29) is 11.3 Å². The number of halogens is 5. The predicted molar refractivity (Wildman–Crippen MR) is 135 cm³/mol. The van der Waals surface area contributed by atoms with Crippen molar-refractivity contribution < 1.29 is 50.2 Å². The van der Waals surface area contributed by atoms with E-state index in [0.717, 1.165) is 57.7 Å². The van der Waals surface area contributed by atoms with Crippen molar-refractivity contribution in [3.05, 3.63) is 53.6 Å². The molecule has 1 atom stereocenters. The Hall–Kier alpha value is -3.46. The van der Waals surface area contributed by atoms with E-state index in [0.29, 0.717) is 17.7 Å². The van der Waals surface area contributed by atoms with Gasteiger partial charge >= 0.3 is 18.1 Å². The Kier molecular flexibility index (Phi) is 9.95. The quantitative estimate of drug-likeness (QED) is 0.403. The van der Waals surface area contributed by atoms with Crippen LogP contribution in [0.15, 0.2) is 41.3 Å². The summed E-state index contributed by atoms with van der Waals surface area (Å²) in [7, 11) is -4.22. The van der Waals surface area contributed by atoms with Crippen molar-refractivity contribution in [3.8, 4) is 0 Å². The smallest absolute Gasteiger partial charge is 0.478 e. The second-order valence-corrected chi connectivity index (χ2v) is 11.2. The highest BCUT2D eigenvalue weighted by Crippen LogP contribution is 2.30. The first-order chi connectivity index (χ1) is 18.7. The average Bonchev–Trinajstić information content (AvgIpc) is 3.38. The number of piperidine rings is 1. The lowest BCUT2D eigenvalue weighted by molar-refractivity contribution is -0.192. The Morgan fingerprint density at radius 3 is 2.17 bits per heavy atom. The molecule has 4 rings (SSSR count). The summed E-state index contributed by atoms with van der Waals surface area (Å²) in [5.41, 5.74) is 0.568. The molecule has 220 valence electrons. The molecule has 2 heterocycles. The molecule has 0 amide bonds. The van der Waals surface area contributed by atoms with Crippen LogP contribution in [0.1, 0.15) is 36.0 Å². The number of sulfonamides is 1. The van der Waals surface area contributed by atoms with Crippen LogP contribution >= 0.6 is 0 Å². The maximum Gasteiger partial charge on any atom is 0.490 e. The normalized spacial score (nSPS) is 18.1. The van der Waals surface area contributed by atoms with E-state index in [2.05, 4.69) is 14.5 Å². The van der Waals surface area contributed by atoms with Crippen molar-refractivity contribution in [2.75, 3.05) is 42.3 Å². The van der Waals surface area contributed by atoms with Crippen LogP contribution in [0.4, 0.5) is 33.3 Å². The summed E-state index contributed by atoms with van der Waals surface area (Å²) in [6.45, 7) is 4.71. The minimum absolute atomic E-state index is 0.0118. The number of alkyl halides is 3. The van der Waals surface area contributed by atoms with Crippen molar-refractivity contribution >= 4 is 33.3 Å². The molecule has 2 aliphatic rings. The molecule has 40 heavy (non-hydrogen) atoms. The molecule has 0 spiro atoms. The number of carboxylic acid groups (broad SMARTS) is 2. The zero-order valence-corrected chi connectivity index (χ0v) is 21.9. The van der Waals surface area contributed by atoms with Crippen molar-refractivity contribution in [2.45, 2.75) is 36.8 Å². The highest BCUT2D eigenvalue weighted by molar-refractivity contribution is 7.92. The fraction of sp³-hybridized carbons (Fsp3) is 0.440. The van der Waals surface area contributed by atoms with Crippen molar-refractivity contribution in [1.82, 2.24) is 4.90 Å². The van der Waals surface area contributed by atoms with Gasteiger partial charge < -0.3 is 20.0 Å². The van der Waals surface area contributed by atoms with E-state index >= 15 is 0 Å². The lowest BCUT2D eigenvalue weighted by Crippen LogP contribution is -2.41. The summed E-state index contributed by atoms with van der Waals surface area (Å²) < 4.78 is 85.8. The molecule has 1 unspecified atom stereocenters. The zero-order chi connectivity index (χ0) is 29.7. The number of hydrogen-bond acceptors (Lipinski definition) is 6. The third-order valence-electron chi connectivity index (χ3n) is 6.50. The van der Waals surface area contributed by atoms with E-state index in [9.17, 15) is 40.3 Å². The van der Waals surface area contributed by atoms with E-state index in [1.807, 2.05) is 0 Å². The molecule has 0 radical (unpaired) electrons. The fourth-order valence-electron chi connectivity index (χ4n) is 4.67. The van der Waals surface area contributed by atoms with E-state index in [1.165, 1.54) is 25.0 Å². The third-order valence-corrected chi connectivity index (χ3v) is 7.88. The van der Waals surface area contributed by atoms with Gasteiger partial charge in [0.05, 0.1) is 16.1 Å². The summed E-state index contributed by atoms with van der Waals surface area (Å²) in [6, 6.07) is 6.61. The molecule has 0 saturated carbocycles. The Morgan fingerprint density at radius 1 is 0.950 bits per heavy atom. The van der Waals surface area contributed by atoms with Gasteiger partial charge in [-0.15, -0.1) is 0 Å². The van der Waals surface area contributed by atoms with Crippen molar-refractivity contribution in [1.29, 1.82) is 0 Å². The van der Waals surface area contributed by atoms with Gasteiger partial charge in [0, 0.05) is 25.3 Å². The molecule has 2 aromatic carbocycles. The van der Waals surface area contributed by atoms with E-state index < -0.39 is 44.7 Å². The minimum atomic E-state index is -5.08. The van der Waals surface area contributed by atoms with Gasteiger partial charge in [0.1, 0.15) is 0 Å². The zero-order valence-electron chi connectivity index (χ0n) is 21.1. The second-order valence-electron chi connectivity index (χ2n) is 9.48. The first-order valence-corrected chi connectivity index (χ1v) is 13.8. The summed E-state index contributed by atoms with van der Waals surface area (Å²) >= 11 is 0. The summed E-state index contributed by atoms with van der Waals surface area (Å²) in [6.07, 6.45) is -0.577. The standard InChI is InChI=1S/C23H27F2N3O4S.C2HF3O2/c24-20-7-6-18(13-21(20)25)33(31,32)26-17-5-8-22(19(12-17)23(29)30)28-11-3-4-16(15-28)14-27-9-1-2-10-27;3-2(4,5)1(6)7/h5-8,12-13,16,26H,1-4,9-11,14-15H2,(H,29,30);(H,6,7). The molecule has 2 saturated heterocycles. The molecule has 2 aromatic rings. The van der Waals surface area contributed by atoms with Crippen LogP contribution in [0.25, 0.3) is 0 Å². The third kappa shape index (κ3) is 8.27. The molecule has 0 aliphatic carbocycles. The molecule has 9 nitrogen and oxygen atoms in total. The molecule has 2 aliphatic heterocycles. The van der Waals surface area contributed by atoms with Gasteiger partial charge in [-0.2, -0.15) is 13.2 Å². The van der Waals surface area contributed by atoms with Gasteiger partial charge in [0.25, 0.3) is 10.0 Å². The van der Waals surface area contributed by atoms with Crippen molar-refractivity contribution in [2.24, 2.45) is 5.92 Å². The Bertz CT molecular complexity index is 1330. The maximum absolute atomic E-state index is 13.5. The van der Waals surface area contributed by atoms with Crippen molar-refractivity contribution in [3.63, 3.8) is 0 Å². The first kappa shape index (κ1) is 31.1. The maximum atomic E-state index is 13.5. The number of carboxylic acids is 2. The molecular weight excluding hydrogens is 565 g/mol. The van der Waals surface area contributed by atoms with Crippen LogP contribution in [0.5, 0.6) is 0 Å². The minimum Gasteiger partial charge on any atom is -0.478 e. The number of benzene rings is 2. The molecule has 15 heteroatoms. The van der Waals surface area contributed by atoms with Crippen LogP contribution in [0, 0.1) is 17.6 Å². The molecule has 0 aromatic heterocycles.